The van der Waals surface area contributed by atoms with Crippen LogP contribution in [0.4, 0.5) is 4.39 Å². The van der Waals surface area contributed by atoms with Gasteiger partial charge in [0, 0.05) is 6.54 Å². The molecule has 13 heavy (non-hydrogen) atoms. The molecule has 0 aliphatic carbocycles. The lowest BCUT2D eigenvalue weighted by atomic mass is 10.0. The van der Waals surface area contributed by atoms with Crippen molar-refractivity contribution < 1.29 is 4.39 Å². The van der Waals surface area contributed by atoms with Crippen molar-refractivity contribution in [3.05, 3.63) is 0 Å². The Bertz CT molecular complexity index is 175. The minimum absolute atomic E-state index is 0.218. The molecule has 0 aromatic rings. The van der Waals surface area contributed by atoms with Crippen molar-refractivity contribution in [1.82, 2.24) is 4.90 Å². The first-order valence-corrected chi connectivity index (χ1v) is 5.26. The lowest BCUT2D eigenvalue weighted by Gasteiger charge is -2.34. The number of nitrogens with zero attached hydrogens (tertiary/aromatic N) is 1. The number of hydrogen-bond acceptors (Lipinski definition) is 2. The Morgan fingerprint density at radius 1 is 1.54 bits per heavy atom. The van der Waals surface area contributed by atoms with Crippen LogP contribution >= 0.6 is 12.2 Å². The molecule has 76 valence electrons. The molecule has 0 saturated carbocycles. The smallest absolute Gasteiger partial charge is 0.0906 e. The number of hydrogen-bond donors (Lipinski definition) is 1. The van der Waals surface area contributed by atoms with Crippen molar-refractivity contribution in [2.75, 3.05) is 19.8 Å². The average Bonchev–Trinajstić information content (AvgIpc) is 2.15. The fourth-order valence-corrected chi connectivity index (χ4v) is 2.11. The summed E-state index contributed by atoms with van der Waals surface area (Å²) >= 11 is 4.99. The summed E-state index contributed by atoms with van der Waals surface area (Å²) in [4.78, 5) is 2.78. The molecule has 2 nitrogen and oxygen atoms in total. The number of halogens is 1. The van der Waals surface area contributed by atoms with Gasteiger partial charge in [0.25, 0.3) is 0 Å². The normalized spacial score (nSPS) is 24.5. The quantitative estimate of drug-likeness (QED) is 0.703. The molecule has 1 fully saturated rings. The Balaban J connectivity index is 2.41. The third kappa shape index (κ3) is 3.19. The minimum Gasteiger partial charge on any atom is -0.392 e. The second-order valence-corrected chi connectivity index (χ2v) is 3.96. The van der Waals surface area contributed by atoms with E-state index in [1.54, 1.807) is 0 Å². The van der Waals surface area contributed by atoms with E-state index < -0.39 is 0 Å². The van der Waals surface area contributed by atoms with E-state index >= 15 is 0 Å². The van der Waals surface area contributed by atoms with E-state index in [1.807, 2.05) is 0 Å². The molecule has 1 saturated heterocycles. The van der Waals surface area contributed by atoms with Crippen LogP contribution in [0.3, 0.4) is 0 Å². The molecule has 0 aromatic heterocycles. The lowest BCUT2D eigenvalue weighted by Crippen LogP contribution is -2.47. The first-order valence-electron chi connectivity index (χ1n) is 4.85. The second-order valence-electron chi connectivity index (χ2n) is 3.49. The van der Waals surface area contributed by atoms with E-state index in [4.69, 9.17) is 18.0 Å². The molecule has 0 aromatic carbocycles. The van der Waals surface area contributed by atoms with E-state index in [1.165, 1.54) is 12.8 Å². The Morgan fingerprint density at radius 2 is 2.31 bits per heavy atom. The zero-order valence-electron chi connectivity index (χ0n) is 7.84. The molecule has 1 atom stereocenters. The maximum absolute atomic E-state index is 12.0. The Kier molecular flexibility index (Phi) is 4.59. The van der Waals surface area contributed by atoms with E-state index in [0.717, 1.165) is 19.5 Å². The van der Waals surface area contributed by atoms with E-state index in [2.05, 4.69) is 4.90 Å². The maximum Gasteiger partial charge on any atom is 0.0906 e. The number of likely N-dealkylation sites (tertiary alicyclic amines) is 1. The molecule has 1 unspecified atom stereocenters. The van der Waals surface area contributed by atoms with Crippen molar-refractivity contribution >= 4 is 17.2 Å². The van der Waals surface area contributed by atoms with Crippen molar-refractivity contribution in [1.29, 1.82) is 0 Å². The lowest BCUT2D eigenvalue weighted by molar-refractivity contribution is 0.185. The summed E-state index contributed by atoms with van der Waals surface area (Å²) in [5.74, 6) is 0. The standard InChI is InChI=1S/C9H17FN2S/c10-5-3-7-12-6-2-1-4-8(12)9(11)13/h8H,1-7H2,(H2,11,13). The van der Waals surface area contributed by atoms with Crippen LogP contribution in [0.5, 0.6) is 0 Å². The summed E-state index contributed by atoms with van der Waals surface area (Å²) < 4.78 is 12.0. The van der Waals surface area contributed by atoms with Gasteiger partial charge in [0.1, 0.15) is 0 Å². The first kappa shape index (κ1) is 10.9. The molecule has 0 spiro atoms. The molecule has 0 radical (unpaired) electrons. The second kappa shape index (κ2) is 5.50. The molecule has 1 heterocycles. The van der Waals surface area contributed by atoms with Gasteiger partial charge in [0.05, 0.1) is 17.7 Å². The fourth-order valence-electron chi connectivity index (χ4n) is 1.84. The molecular weight excluding hydrogens is 187 g/mol. The highest BCUT2D eigenvalue weighted by Crippen LogP contribution is 2.17. The van der Waals surface area contributed by atoms with Crippen molar-refractivity contribution in [2.24, 2.45) is 5.73 Å². The van der Waals surface area contributed by atoms with Crippen LogP contribution in [0, 0.1) is 0 Å². The van der Waals surface area contributed by atoms with Gasteiger partial charge in [0.2, 0.25) is 0 Å². The summed E-state index contributed by atoms with van der Waals surface area (Å²) in [5, 5.41) is 0. The molecular formula is C9H17FN2S. The topological polar surface area (TPSA) is 29.3 Å². The summed E-state index contributed by atoms with van der Waals surface area (Å²) in [5.41, 5.74) is 5.63. The predicted octanol–water partition coefficient (Wildman–Crippen LogP) is 1.49. The minimum atomic E-state index is -0.249. The van der Waals surface area contributed by atoms with E-state index in [9.17, 15) is 4.39 Å². The van der Waals surface area contributed by atoms with Gasteiger partial charge >= 0.3 is 0 Å². The van der Waals surface area contributed by atoms with Gasteiger partial charge < -0.3 is 5.73 Å². The van der Waals surface area contributed by atoms with Gasteiger partial charge in [0.15, 0.2) is 0 Å². The highest BCUT2D eigenvalue weighted by Gasteiger charge is 2.23. The highest BCUT2D eigenvalue weighted by atomic mass is 32.1. The van der Waals surface area contributed by atoms with Gasteiger partial charge in [-0.2, -0.15) is 0 Å². The molecule has 1 rings (SSSR count). The molecule has 1 aliphatic heterocycles. The summed E-state index contributed by atoms with van der Waals surface area (Å²) in [6.07, 6.45) is 4.01. The van der Waals surface area contributed by atoms with Crippen LogP contribution in [-0.4, -0.2) is 35.7 Å². The summed E-state index contributed by atoms with van der Waals surface area (Å²) in [6.45, 7) is 1.56. The third-order valence-electron chi connectivity index (χ3n) is 2.52. The first-order chi connectivity index (χ1) is 6.25. The maximum atomic E-state index is 12.0. The average molecular weight is 204 g/mol. The summed E-state index contributed by atoms with van der Waals surface area (Å²) in [6, 6.07) is 0.218. The Hall–Kier alpha value is -0.220. The SMILES string of the molecule is NC(=S)C1CCCCN1CCCF. The van der Waals surface area contributed by atoms with Crippen molar-refractivity contribution in [3.63, 3.8) is 0 Å². The molecule has 4 heteroatoms. The van der Waals surface area contributed by atoms with Crippen LogP contribution in [0.1, 0.15) is 25.7 Å². The zero-order chi connectivity index (χ0) is 9.68. The van der Waals surface area contributed by atoms with Crippen LogP contribution < -0.4 is 5.73 Å². The third-order valence-corrected chi connectivity index (χ3v) is 2.79. The summed E-state index contributed by atoms with van der Waals surface area (Å²) in [7, 11) is 0. The van der Waals surface area contributed by atoms with Gasteiger partial charge in [-0.15, -0.1) is 0 Å². The van der Waals surface area contributed by atoms with E-state index in [0.29, 0.717) is 11.4 Å². The Labute approximate surface area is 84.3 Å². The number of nitrogens with two attached hydrogens (primary N) is 1. The number of thiocarbonyl (C=S) groups is 1. The molecule has 1 aliphatic rings. The largest absolute Gasteiger partial charge is 0.392 e. The zero-order valence-corrected chi connectivity index (χ0v) is 8.65. The Morgan fingerprint density at radius 3 is 2.92 bits per heavy atom. The van der Waals surface area contributed by atoms with Crippen molar-refractivity contribution in [3.8, 4) is 0 Å². The molecule has 0 amide bonds. The van der Waals surface area contributed by atoms with Crippen LogP contribution in [0.15, 0.2) is 0 Å². The van der Waals surface area contributed by atoms with Crippen LogP contribution in [0.25, 0.3) is 0 Å². The van der Waals surface area contributed by atoms with Crippen LogP contribution in [-0.2, 0) is 0 Å². The predicted molar refractivity (Wildman–Crippen MR) is 56.6 cm³/mol. The number of rotatable bonds is 4. The monoisotopic (exact) mass is 204 g/mol. The van der Waals surface area contributed by atoms with Gasteiger partial charge in [-0.3, -0.25) is 9.29 Å². The molecule has 2 N–H and O–H groups in total. The molecule has 0 bridgehead atoms. The van der Waals surface area contributed by atoms with Gasteiger partial charge in [-0.25, -0.2) is 0 Å². The number of piperidine rings is 1. The number of alkyl halides is 1. The highest BCUT2D eigenvalue weighted by molar-refractivity contribution is 7.80. The van der Waals surface area contributed by atoms with Gasteiger partial charge in [-0.05, 0) is 25.8 Å². The fraction of sp³-hybridized carbons (Fsp3) is 0.889. The van der Waals surface area contributed by atoms with Gasteiger partial charge in [-0.1, -0.05) is 18.6 Å². The van der Waals surface area contributed by atoms with Crippen LogP contribution in [0.2, 0.25) is 0 Å². The van der Waals surface area contributed by atoms with E-state index in [-0.39, 0.29) is 12.7 Å². The van der Waals surface area contributed by atoms with Crippen molar-refractivity contribution in [2.45, 2.75) is 31.7 Å².